The quantitative estimate of drug-likeness (QED) is 0.813. The molecule has 98 valence electrons. The number of carbonyl (C=O) groups excluding carboxylic acids is 2. The molecule has 1 rings (SSSR count). The van der Waals surface area contributed by atoms with Crippen molar-refractivity contribution < 1.29 is 9.59 Å². The molecular weight excluding hydrogens is 248 g/mol. The van der Waals surface area contributed by atoms with E-state index in [2.05, 4.69) is 5.32 Å². The Morgan fingerprint density at radius 1 is 1.33 bits per heavy atom. The summed E-state index contributed by atoms with van der Waals surface area (Å²) in [5.41, 5.74) is 5.97. The van der Waals surface area contributed by atoms with E-state index in [1.54, 1.807) is 24.3 Å². The lowest BCUT2D eigenvalue weighted by atomic mass is 10.2. The van der Waals surface area contributed by atoms with Crippen LogP contribution in [0.4, 0.5) is 0 Å². The first-order valence-corrected chi connectivity index (χ1v) is 6.96. The highest BCUT2D eigenvalue weighted by molar-refractivity contribution is 7.99. The summed E-state index contributed by atoms with van der Waals surface area (Å²) in [6.07, 6.45) is 0. The highest BCUT2D eigenvalue weighted by Gasteiger charge is 2.10. The zero-order valence-corrected chi connectivity index (χ0v) is 11.2. The Morgan fingerprint density at radius 2 is 2.00 bits per heavy atom. The Kier molecular flexibility index (Phi) is 6.46. The number of imide groups is 1. The van der Waals surface area contributed by atoms with Gasteiger partial charge in [-0.25, -0.2) is 0 Å². The number of thioether (sulfide) groups is 1. The summed E-state index contributed by atoms with van der Waals surface area (Å²) in [6, 6.07) is 8.69. The Bertz CT molecular complexity index is 395. The lowest BCUT2D eigenvalue weighted by Crippen LogP contribution is -2.32. The number of carbonyl (C=O) groups is 2. The fourth-order valence-electron chi connectivity index (χ4n) is 1.25. The summed E-state index contributed by atoms with van der Waals surface area (Å²) in [7, 11) is 0. The molecule has 0 spiro atoms. The zero-order valence-electron chi connectivity index (χ0n) is 10.4. The van der Waals surface area contributed by atoms with E-state index in [1.165, 1.54) is 11.8 Å². The van der Waals surface area contributed by atoms with Crippen LogP contribution in [-0.4, -0.2) is 29.9 Å². The number of amides is 2. The van der Waals surface area contributed by atoms with Crippen molar-refractivity contribution in [3.8, 4) is 0 Å². The zero-order chi connectivity index (χ0) is 13.4. The predicted octanol–water partition coefficient (Wildman–Crippen LogP) is 1.27. The molecule has 5 heteroatoms. The van der Waals surface area contributed by atoms with Crippen molar-refractivity contribution in [2.75, 3.05) is 18.1 Å². The first-order chi connectivity index (χ1) is 8.63. The molecule has 2 amide bonds. The van der Waals surface area contributed by atoms with Crippen LogP contribution in [0, 0.1) is 5.92 Å². The van der Waals surface area contributed by atoms with Gasteiger partial charge in [-0.3, -0.25) is 14.9 Å². The van der Waals surface area contributed by atoms with E-state index in [9.17, 15) is 9.59 Å². The maximum Gasteiger partial charge on any atom is 0.257 e. The van der Waals surface area contributed by atoms with E-state index < -0.39 is 0 Å². The normalized spacial score (nSPS) is 11.9. The van der Waals surface area contributed by atoms with Crippen molar-refractivity contribution >= 4 is 23.6 Å². The molecule has 0 aliphatic heterocycles. The smallest absolute Gasteiger partial charge is 0.257 e. The lowest BCUT2D eigenvalue weighted by Gasteiger charge is -2.07. The van der Waals surface area contributed by atoms with Crippen LogP contribution in [0.25, 0.3) is 0 Å². The van der Waals surface area contributed by atoms with Crippen molar-refractivity contribution in [3.63, 3.8) is 0 Å². The maximum atomic E-state index is 11.6. The Balaban J connectivity index is 2.30. The van der Waals surface area contributed by atoms with E-state index in [0.29, 0.717) is 18.0 Å². The summed E-state index contributed by atoms with van der Waals surface area (Å²) in [5, 5.41) is 2.36. The number of hydrogen-bond acceptors (Lipinski definition) is 4. The topological polar surface area (TPSA) is 72.2 Å². The van der Waals surface area contributed by atoms with E-state index in [1.807, 2.05) is 13.0 Å². The molecule has 0 aliphatic rings. The van der Waals surface area contributed by atoms with Crippen LogP contribution < -0.4 is 11.1 Å². The summed E-state index contributed by atoms with van der Waals surface area (Å²) < 4.78 is 0. The minimum absolute atomic E-state index is 0.266. The third-order valence-electron chi connectivity index (χ3n) is 2.33. The van der Waals surface area contributed by atoms with Gasteiger partial charge in [-0.1, -0.05) is 25.1 Å². The maximum absolute atomic E-state index is 11.6. The number of hydrogen-bond donors (Lipinski definition) is 2. The average Bonchev–Trinajstić information content (AvgIpc) is 2.39. The Hall–Kier alpha value is -1.33. The molecule has 0 saturated heterocycles. The number of nitrogens with one attached hydrogen (secondary N) is 1. The van der Waals surface area contributed by atoms with Gasteiger partial charge in [-0.05, 0) is 30.3 Å². The van der Waals surface area contributed by atoms with E-state index in [0.717, 1.165) is 5.75 Å². The highest BCUT2D eigenvalue weighted by atomic mass is 32.2. The van der Waals surface area contributed by atoms with Crippen molar-refractivity contribution in [1.82, 2.24) is 5.32 Å². The largest absolute Gasteiger partial charge is 0.330 e. The molecule has 18 heavy (non-hydrogen) atoms. The first-order valence-electron chi connectivity index (χ1n) is 5.80. The van der Waals surface area contributed by atoms with Gasteiger partial charge in [-0.15, -0.1) is 0 Å². The fourth-order valence-corrected chi connectivity index (χ4v) is 2.16. The van der Waals surface area contributed by atoms with Gasteiger partial charge in [0, 0.05) is 5.56 Å². The highest BCUT2D eigenvalue weighted by Crippen LogP contribution is 2.06. The second-order valence-electron chi connectivity index (χ2n) is 4.10. The molecule has 1 aromatic carbocycles. The average molecular weight is 266 g/mol. The minimum Gasteiger partial charge on any atom is -0.330 e. The van der Waals surface area contributed by atoms with Crippen LogP contribution in [0.1, 0.15) is 17.3 Å². The van der Waals surface area contributed by atoms with Crippen LogP contribution in [0.2, 0.25) is 0 Å². The first kappa shape index (κ1) is 14.7. The van der Waals surface area contributed by atoms with Gasteiger partial charge >= 0.3 is 0 Å². The second kappa shape index (κ2) is 7.89. The van der Waals surface area contributed by atoms with Gasteiger partial charge in [0.1, 0.15) is 0 Å². The SMILES string of the molecule is CC(CN)CSCC(=O)NC(=O)c1ccccc1. The molecule has 0 heterocycles. The van der Waals surface area contributed by atoms with E-state index >= 15 is 0 Å². The third-order valence-corrected chi connectivity index (χ3v) is 3.60. The molecule has 0 bridgehead atoms. The number of nitrogens with two attached hydrogens (primary N) is 1. The Labute approximate surface area is 111 Å². The van der Waals surface area contributed by atoms with Crippen molar-refractivity contribution in [2.24, 2.45) is 11.7 Å². The third kappa shape index (κ3) is 5.33. The van der Waals surface area contributed by atoms with Gasteiger partial charge in [0.2, 0.25) is 5.91 Å². The van der Waals surface area contributed by atoms with Crippen LogP contribution in [0.3, 0.4) is 0 Å². The van der Waals surface area contributed by atoms with Crippen LogP contribution in [0.5, 0.6) is 0 Å². The van der Waals surface area contributed by atoms with Crippen molar-refractivity contribution in [1.29, 1.82) is 0 Å². The van der Waals surface area contributed by atoms with Gasteiger partial charge in [-0.2, -0.15) is 11.8 Å². The summed E-state index contributed by atoms with van der Waals surface area (Å²) in [4.78, 5) is 23.2. The molecular formula is C13H18N2O2S. The number of rotatable bonds is 6. The monoisotopic (exact) mass is 266 g/mol. The minimum atomic E-state index is -0.354. The second-order valence-corrected chi connectivity index (χ2v) is 5.13. The number of benzene rings is 1. The molecule has 0 saturated carbocycles. The molecule has 0 fully saturated rings. The van der Waals surface area contributed by atoms with Gasteiger partial charge in [0.15, 0.2) is 0 Å². The molecule has 3 N–H and O–H groups in total. The van der Waals surface area contributed by atoms with Gasteiger partial charge in [0.05, 0.1) is 5.75 Å². The lowest BCUT2D eigenvalue weighted by molar-refractivity contribution is -0.117. The van der Waals surface area contributed by atoms with Gasteiger partial charge < -0.3 is 5.73 Å². The van der Waals surface area contributed by atoms with Crippen LogP contribution in [-0.2, 0) is 4.79 Å². The summed E-state index contributed by atoms with van der Waals surface area (Å²) in [6.45, 7) is 2.64. The standard InChI is InChI=1S/C13H18N2O2S/c1-10(7-14)8-18-9-12(16)15-13(17)11-5-3-2-4-6-11/h2-6,10H,7-9,14H2,1H3,(H,15,16,17). The van der Waals surface area contributed by atoms with Crippen molar-refractivity contribution in [3.05, 3.63) is 35.9 Å². The van der Waals surface area contributed by atoms with Crippen LogP contribution in [0.15, 0.2) is 30.3 Å². The predicted molar refractivity (Wildman–Crippen MR) is 74.5 cm³/mol. The van der Waals surface area contributed by atoms with Crippen molar-refractivity contribution in [2.45, 2.75) is 6.92 Å². The fraction of sp³-hybridized carbons (Fsp3) is 0.385. The molecule has 0 radical (unpaired) electrons. The molecule has 4 nitrogen and oxygen atoms in total. The summed E-state index contributed by atoms with van der Waals surface area (Å²) >= 11 is 1.49. The molecule has 0 aliphatic carbocycles. The van der Waals surface area contributed by atoms with E-state index in [4.69, 9.17) is 5.73 Å². The molecule has 1 aromatic rings. The molecule has 1 unspecified atom stereocenters. The van der Waals surface area contributed by atoms with E-state index in [-0.39, 0.29) is 17.6 Å². The Morgan fingerprint density at radius 3 is 2.61 bits per heavy atom. The van der Waals surface area contributed by atoms with Crippen LogP contribution >= 0.6 is 11.8 Å². The summed E-state index contributed by atoms with van der Waals surface area (Å²) in [5.74, 6) is 0.866. The molecule has 1 atom stereocenters. The molecule has 0 aromatic heterocycles. The van der Waals surface area contributed by atoms with Gasteiger partial charge in [0.25, 0.3) is 5.91 Å².